The number of aryl methyl sites for hydroxylation is 2. The highest BCUT2D eigenvalue weighted by atomic mass is 35.5. The molecule has 103 heavy (non-hydrogen) atoms. The van der Waals surface area contributed by atoms with Gasteiger partial charge in [0.1, 0.15) is 83.4 Å². The van der Waals surface area contributed by atoms with E-state index in [0.717, 1.165) is 33.9 Å². The molecule has 0 radical (unpaired) electrons. The lowest BCUT2D eigenvalue weighted by atomic mass is 9.98. The number of ether oxygens (including phenoxy) is 5. The Hall–Kier alpha value is -12.4. The minimum absolute atomic E-state index is 0.0450. The summed E-state index contributed by atoms with van der Waals surface area (Å²) in [5.74, 6) is -2.96. The van der Waals surface area contributed by atoms with Crippen molar-refractivity contribution >= 4 is 41.4 Å². The molecule has 5 aliphatic rings. The van der Waals surface area contributed by atoms with Crippen LogP contribution in [0.4, 0.5) is 8.78 Å². The fourth-order valence-electron chi connectivity index (χ4n) is 12.3. The van der Waals surface area contributed by atoms with Gasteiger partial charge >= 0.3 is 29.8 Å². The van der Waals surface area contributed by atoms with Crippen LogP contribution in [0.3, 0.4) is 0 Å². The number of rotatable bonds is 5. The van der Waals surface area contributed by atoms with Crippen molar-refractivity contribution in [1.82, 2.24) is 47.8 Å². The number of fused-ring (bicyclic) bond motifs is 5. The van der Waals surface area contributed by atoms with Crippen LogP contribution >= 0.6 is 11.6 Å². The van der Waals surface area contributed by atoms with E-state index < -0.39 is 51.7 Å². The van der Waals surface area contributed by atoms with Crippen molar-refractivity contribution < 1.29 is 56.4 Å². The second-order valence-electron chi connectivity index (χ2n) is 27.9. The van der Waals surface area contributed by atoms with Crippen LogP contribution < -0.4 is 0 Å². The van der Waals surface area contributed by atoms with Gasteiger partial charge in [-0.25, -0.2) is 57.7 Å². The summed E-state index contributed by atoms with van der Waals surface area (Å²) in [4.78, 5) is 82.4. The van der Waals surface area contributed by atoms with Gasteiger partial charge in [0, 0.05) is 49.2 Å². The molecule has 10 heterocycles. The molecule has 5 aliphatic heterocycles. The highest BCUT2D eigenvalue weighted by Crippen LogP contribution is 2.35. The van der Waals surface area contributed by atoms with Crippen molar-refractivity contribution in [2.24, 2.45) is 0 Å². The third kappa shape index (κ3) is 15.2. The van der Waals surface area contributed by atoms with Crippen molar-refractivity contribution in [3.63, 3.8) is 0 Å². The van der Waals surface area contributed by atoms with Crippen molar-refractivity contribution in [3.05, 3.63) is 236 Å². The predicted octanol–water partition coefficient (Wildman–Crippen LogP) is 12.9. The van der Waals surface area contributed by atoms with Crippen LogP contribution in [-0.2, 0) is 55.8 Å². The van der Waals surface area contributed by atoms with E-state index in [2.05, 4.69) is 37.1 Å². The maximum absolute atomic E-state index is 13.7. The van der Waals surface area contributed by atoms with Crippen LogP contribution in [0, 0.1) is 70.8 Å². The Bertz CT molecular complexity index is 5160. The van der Waals surface area contributed by atoms with Gasteiger partial charge in [0.2, 0.25) is 0 Å². The van der Waals surface area contributed by atoms with Crippen LogP contribution in [0.15, 0.2) is 129 Å². The van der Waals surface area contributed by atoms with Gasteiger partial charge in [-0.15, -0.1) is 0 Å². The standard InChI is InChI=1S/2C16H15N3O2.C15H12ClN3O2.C15H12FN3O2.C14H13FN2O2/c1-10-6-12(5-4-11(10)8-17)19-9-18-13-7-16(2,3)21-15(20)14(13)19;1-10-6-11(8-17)4-5-13(10)19-9-18-12-7-16(2,3)21-15(20)14(12)19;1-15(2)6-12-13(14(20)21-15)19(8-18-12)10-3-4-11(16)9(5-10)7-17;1-15(2)6-12-13(14(20)21-15)19(8-18-12)10-4-3-9(7-17)11(16)5-10;1-14(2)7-11-12(13(18)19-14)17(8-16-11)10-5-3-9(15)4-6-10/h2*4-6,9H,7H2,1-3H3;2*3-5,8H,6H2,1-2H3;3-6,8H,7H2,1-2H3. The largest absolute Gasteiger partial charge is 0.455 e. The number of nitriles is 4. The summed E-state index contributed by atoms with van der Waals surface area (Å²) in [5.41, 5.74) is 9.57. The molecule has 0 unspecified atom stereocenters. The maximum atomic E-state index is 13.7. The summed E-state index contributed by atoms with van der Waals surface area (Å²) in [7, 11) is 0. The smallest absolute Gasteiger partial charge is 0.357 e. The van der Waals surface area contributed by atoms with E-state index in [1.54, 1.807) is 110 Å². The van der Waals surface area contributed by atoms with Gasteiger partial charge < -0.3 is 23.7 Å². The molecule has 0 aliphatic carbocycles. The van der Waals surface area contributed by atoms with Gasteiger partial charge in [0.25, 0.3) is 0 Å². The molecule has 0 saturated heterocycles. The second kappa shape index (κ2) is 27.6. The quantitative estimate of drug-likeness (QED) is 0.114. The van der Waals surface area contributed by atoms with Crippen LogP contribution in [0.1, 0.15) is 184 Å². The first kappa shape index (κ1) is 71.9. The maximum Gasteiger partial charge on any atom is 0.357 e. The molecule has 10 aromatic rings. The molecule has 15 rings (SSSR count). The fourth-order valence-corrected chi connectivity index (χ4v) is 12.5. The number of halogens is 3. The molecule has 24 nitrogen and oxygen atoms in total. The number of nitrogens with zero attached hydrogens (tertiary/aromatic N) is 14. The molecule has 0 atom stereocenters. The average molecular weight is 1410 g/mol. The number of aromatic nitrogens is 10. The molecule has 5 aromatic carbocycles. The molecule has 0 spiro atoms. The van der Waals surface area contributed by atoms with Crippen LogP contribution in [0.25, 0.3) is 28.4 Å². The van der Waals surface area contributed by atoms with Crippen LogP contribution in [0.2, 0.25) is 5.02 Å². The molecule has 0 fully saturated rings. The average Bonchev–Trinajstić information content (AvgIpc) is 1.70. The lowest BCUT2D eigenvalue weighted by Gasteiger charge is -2.29. The molecular formula is C76H67ClF2N14O10. The van der Waals surface area contributed by atoms with Crippen LogP contribution in [-0.4, -0.2) is 106 Å². The number of hydrogen-bond donors (Lipinski definition) is 0. The fraction of sp³-hybridized carbons (Fsp3) is 0.289. The number of benzene rings is 5. The van der Waals surface area contributed by atoms with E-state index in [-0.39, 0.29) is 23.3 Å². The Labute approximate surface area is 595 Å². The number of carbonyl (C=O) groups excluding carboxylic acids is 5. The number of hydrogen-bond acceptors (Lipinski definition) is 19. The van der Waals surface area contributed by atoms with Gasteiger partial charge in [-0.05, 0) is 191 Å². The van der Waals surface area contributed by atoms with Gasteiger partial charge in [-0.1, -0.05) is 11.6 Å². The monoisotopic (exact) mass is 1410 g/mol. The first-order valence-corrected chi connectivity index (χ1v) is 32.6. The van der Waals surface area contributed by atoms with Crippen molar-refractivity contribution in [1.29, 1.82) is 21.0 Å². The molecule has 0 N–H and O–H groups in total. The Morgan fingerprint density at radius 2 is 0.709 bits per heavy atom. The third-order valence-electron chi connectivity index (χ3n) is 17.0. The van der Waals surface area contributed by atoms with Gasteiger partial charge in [0.05, 0.1) is 79.3 Å². The zero-order chi connectivity index (χ0) is 74.4. The molecule has 0 bridgehead atoms. The van der Waals surface area contributed by atoms with Gasteiger partial charge in [-0.3, -0.25) is 22.8 Å². The first-order valence-electron chi connectivity index (χ1n) is 32.3. The summed E-state index contributed by atoms with van der Waals surface area (Å²) in [6, 6.07) is 33.8. The number of cyclic esters (lactones) is 5. The van der Waals surface area contributed by atoms with E-state index >= 15 is 0 Å². The van der Waals surface area contributed by atoms with E-state index in [1.807, 2.05) is 101 Å². The Morgan fingerprint density at radius 1 is 0.379 bits per heavy atom. The third-order valence-corrected chi connectivity index (χ3v) is 17.3. The SMILES string of the molecule is CC1(C)Cc2ncn(-c3ccc(C#N)c(F)c3)c2C(=O)O1.CC1(C)Cc2ncn(-c3ccc(Cl)c(C#N)c3)c2C(=O)O1.CC1(C)Cc2ncn(-c3ccc(F)cc3)c2C(=O)O1.Cc1cc(-n2cnc3c2C(=O)OC(C)(C)C3)ccc1C#N.Cc1cc(C#N)ccc1-n1cnc2c1C(=O)OC(C)(C)C2. The van der Waals surface area contributed by atoms with Crippen LogP contribution in [0.5, 0.6) is 0 Å². The zero-order valence-corrected chi connectivity index (χ0v) is 58.9. The topological polar surface area (TPSA) is 316 Å². The van der Waals surface area contributed by atoms with Gasteiger partial charge in [-0.2, -0.15) is 21.0 Å². The van der Waals surface area contributed by atoms with Crippen molar-refractivity contribution in [3.8, 4) is 52.7 Å². The minimum atomic E-state index is -0.637. The summed E-state index contributed by atoms with van der Waals surface area (Å²) in [5, 5.41) is 36.1. The molecule has 0 amide bonds. The molecule has 522 valence electrons. The molecular weight excluding hydrogens is 1340 g/mol. The van der Waals surface area contributed by atoms with Crippen molar-refractivity contribution in [2.45, 2.75) is 143 Å². The Kier molecular flexibility index (Phi) is 19.3. The minimum Gasteiger partial charge on any atom is -0.455 e. The number of carbonyl (C=O) groups is 5. The second-order valence-corrected chi connectivity index (χ2v) is 28.3. The number of imidazole rings is 5. The van der Waals surface area contributed by atoms with E-state index in [4.69, 9.17) is 56.3 Å². The lowest BCUT2D eigenvalue weighted by molar-refractivity contribution is -0.00915. The van der Waals surface area contributed by atoms with Crippen molar-refractivity contribution in [2.75, 3.05) is 0 Å². The highest BCUT2D eigenvalue weighted by molar-refractivity contribution is 6.31. The summed E-state index contributed by atoms with van der Waals surface area (Å²) in [6.45, 7) is 22.3. The first-order chi connectivity index (χ1) is 48.6. The molecule has 5 aromatic heterocycles. The van der Waals surface area contributed by atoms with E-state index in [0.29, 0.717) is 116 Å². The number of esters is 5. The lowest BCUT2D eigenvalue weighted by Crippen LogP contribution is -2.36. The van der Waals surface area contributed by atoms with Gasteiger partial charge in [0.15, 0.2) is 28.5 Å². The zero-order valence-electron chi connectivity index (χ0n) is 58.1. The highest BCUT2D eigenvalue weighted by Gasteiger charge is 2.41. The normalized spacial score (nSPS) is 16.2. The summed E-state index contributed by atoms with van der Waals surface area (Å²) in [6.07, 6.45) is 10.7. The molecule has 27 heteroatoms. The van der Waals surface area contributed by atoms with E-state index in [1.165, 1.54) is 35.2 Å². The molecule has 0 saturated carbocycles. The summed E-state index contributed by atoms with van der Waals surface area (Å²) < 4.78 is 61.9. The van der Waals surface area contributed by atoms with E-state index in [9.17, 15) is 32.8 Å². The Morgan fingerprint density at radius 3 is 1.07 bits per heavy atom. The summed E-state index contributed by atoms with van der Waals surface area (Å²) >= 11 is 5.93. The Balaban J connectivity index is 0.000000129. The predicted molar refractivity (Wildman–Crippen MR) is 367 cm³/mol.